The summed E-state index contributed by atoms with van der Waals surface area (Å²) < 4.78 is 36.4. The van der Waals surface area contributed by atoms with Gasteiger partial charge in [0.05, 0.1) is 28.9 Å². The summed E-state index contributed by atoms with van der Waals surface area (Å²) in [5.41, 5.74) is 4.20. The van der Waals surface area contributed by atoms with Gasteiger partial charge in [-0.15, -0.1) is 0 Å². The second kappa shape index (κ2) is 13.4. The maximum atomic E-state index is 14.6. The van der Waals surface area contributed by atoms with Gasteiger partial charge in [-0.2, -0.15) is 4.98 Å². The lowest BCUT2D eigenvalue weighted by Crippen LogP contribution is -2.45. The predicted octanol–water partition coefficient (Wildman–Crippen LogP) is 7.17. The molecule has 4 aromatic rings. The summed E-state index contributed by atoms with van der Waals surface area (Å²) in [4.78, 5) is 32.8. The van der Waals surface area contributed by atoms with Crippen molar-refractivity contribution in [2.75, 3.05) is 16.2 Å². The average Bonchev–Trinajstić information content (AvgIpc) is 3.38. The molecule has 6 rings (SSSR count). The lowest BCUT2D eigenvalue weighted by atomic mass is 9.87. The van der Waals surface area contributed by atoms with Crippen molar-refractivity contribution in [3.8, 4) is 17.1 Å². The molecule has 258 valence electrons. The third-order valence-corrected chi connectivity index (χ3v) is 10.7. The Morgan fingerprint density at radius 3 is 2.27 bits per heavy atom. The van der Waals surface area contributed by atoms with Crippen LogP contribution in [0.15, 0.2) is 71.6 Å². The Kier molecular flexibility index (Phi) is 9.41. The quantitative estimate of drug-likeness (QED) is 0.236. The van der Waals surface area contributed by atoms with Crippen LogP contribution >= 0.6 is 0 Å². The number of benzene rings is 2. The third kappa shape index (κ3) is 7.56. The van der Waals surface area contributed by atoms with Crippen LogP contribution in [-0.2, 0) is 16.6 Å². The molecule has 0 spiro atoms. The molecule has 2 aliphatic rings. The largest absolute Gasteiger partial charge is 0.475 e. The Morgan fingerprint density at radius 2 is 1.57 bits per heavy atom. The van der Waals surface area contributed by atoms with E-state index in [1.165, 1.54) is 12.1 Å². The summed E-state index contributed by atoms with van der Waals surface area (Å²) in [5, 5.41) is 0. The van der Waals surface area contributed by atoms with Gasteiger partial charge < -0.3 is 14.5 Å². The second-order valence-electron chi connectivity index (χ2n) is 14.6. The van der Waals surface area contributed by atoms with E-state index in [0.29, 0.717) is 24.2 Å². The molecule has 2 aromatic heterocycles. The van der Waals surface area contributed by atoms with Gasteiger partial charge in [-0.05, 0) is 93.8 Å². The molecule has 4 bridgehead atoms. The van der Waals surface area contributed by atoms with E-state index >= 15 is 0 Å². The highest BCUT2D eigenvalue weighted by molar-refractivity contribution is 7.92. The van der Waals surface area contributed by atoms with E-state index in [1.54, 1.807) is 23.1 Å². The third-order valence-electron chi connectivity index (χ3n) is 9.37. The standard InChI is InChI=1S/C38H46N6O4S/c1-24-11-8-12-25(2)35(24)32-20-34-41-37(40-32)42-49(46,47)31-15-9-13-28(19-31)36(45)43(30(23-48-34)21-38(5,6)7)22-29-14-10-16-33(39-29)44-26(3)17-18-27(44)4/h8-16,19-20,26-27,30H,17-18,21-23H2,1-7H3,(H,40,41,42)/t26-,27+,30-/m1/s1. The number of fused-ring (bicyclic) bond motifs is 4. The van der Waals surface area contributed by atoms with Crippen molar-refractivity contribution in [2.24, 2.45) is 5.41 Å². The van der Waals surface area contributed by atoms with Gasteiger partial charge >= 0.3 is 0 Å². The highest BCUT2D eigenvalue weighted by atomic mass is 32.2. The topological polar surface area (TPSA) is 118 Å². The summed E-state index contributed by atoms with van der Waals surface area (Å²) in [6.07, 6.45) is 2.82. The molecule has 49 heavy (non-hydrogen) atoms. The number of pyridine rings is 1. The number of nitrogens with one attached hydrogen (secondary N) is 1. The van der Waals surface area contributed by atoms with Crippen LogP contribution in [0.2, 0.25) is 0 Å². The van der Waals surface area contributed by atoms with Gasteiger partial charge in [-0.1, -0.05) is 51.1 Å². The van der Waals surface area contributed by atoms with Crippen LogP contribution in [0.4, 0.5) is 11.8 Å². The first-order valence-electron chi connectivity index (χ1n) is 16.9. The van der Waals surface area contributed by atoms with E-state index in [4.69, 9.17) is 9.72 Å². The smallest absolute Gasteiger partial charge is 0.264 e. The molecule has 4 heterocycles. The van der Waals surface area contributed by atoms with Crippen molar-refractivity contribution in [3.05, 3.63) is 89.1 Å². The molecule has 1 fully saturated rings. The van der Waals surface area contributed by atoms with E-state index in [0.717, 1.165) is 41.0 Å². The fraction of sp³-hybridized carbons (Fsp3) is 0.421. The van der Waals surface area contributed by atoms with E-state index in [2.05, 4.69) is 54.2 Å². The van der Waals surface area contributed by atoms with Gasteiger partial charge in [0.15, 0.2) is 0 Å². The Balaban J connectivity index is 1.47. The minimum Gasteiger partial charge on any atom is -0.475 e. The number of nitrogens with zero attached hydrogens (tertiary/aromatic N) is 5. The molecular formula is C38H46N6O4S. The van der Waals surface area contributed by atoms with Crippen molar-refractivity contribution < 1.29 is 17.9 Å². The summed E-state index contributed by atoms with van der Waals surface area (Å²) >= 11 is 0. The predicted molar refractivity (Wildman–Crippen MR) is 192 cm³/mol. The number of carbonyl (C=O) groups excluding carboxylic acids is 1. The first-order chi connectivity index (χ1) is 23.2. The van der Waals surface area contributed by atoms with Crippen molar-refractivity contribution >= 4 is 27.7 Å². The number of hydrogen-bond donors (Lipinski definition) is 1. The Morgan fingerprint density at radius 1 is 0.898 bits per heavy atom. The molecular weight excluding hydrogens is 637 g/mol. The van der Waals surface area contributed by atoms with Crippen LogP contribution in [0.1, 0.15) is 81.1 Å². The number of anilines is 2. The summed E-state index contributed by atoms with van der Waals surface area (Å²) in [6.45, 7) is 15.1. The number of aryl methyl sites for hydroxylation is 2. The zero-order valence-electron chi connectivity index (χ0n) is 29.4. The van der Waals surface area contributed by atoms with Crippen LogP contribution in [0.5, 0.6) is 5.88 Å². The molecule has 10 nitrogen and oxygen atoms in total. The maximum absolute atomic E-state index is 14.6. The van der Waals surface area contributed by atoms with E-state index in [1.807, 2.05) is 50.2 Å². The zero-order valence-corrected chi connectivity index (χ0v) is 30.2. The number of amides is 1. The Labute approximate surface area is 290 Å². The van der Waals surface area contributed by atoms with Gasteiger partial charge in [0.25, 0.3) is 15.9 Å². The number of carbonyl (C=O) groups is 1. The van der Waals surface area contributed by atoms with Crippen LogP contribution in [0, 0.1) is 19.3 Å². The molecule has 0 aliphatic carbocycles. The molecule has 1 amide bonds. The molecule has 0 saturated carbocycles. The highest BCUT2D eigenvalue weighted by Gasteiger charge is 2.33. The molecule has 0 unspecified atom stereocenters. The first-order valence-corrected chi connectivity index (χ1v) is 18.4. The van der Waals surface area contributed by atoms with Gasteiger partial charge in [-0.25, -0.2) is 23.1 Å². The number of sulfonamides is 1. The van der Waals surface area contributed by atoms with Gasteiger partial charge in [0.1, 0.15) is 12.4 Å². The van der Waals surface area contributed by atoms with E-state index in [9.17, 15) is 13.2 Å². The monoisotopic (exact) mass is 682 g/mol. The minimum absolute atomic E-state index is 0.0643. The number of aromatic nitrogens is 3. The van der Waals surface area contributed by atoms with E-state index < -0.39 is 16.1 Å². The number of rotatable bonds is 5. The number of ether oxygens (including phenoxy) is 1. The van der Waals surface area contributed by atoms with Gasteiger partial charge in [-0.3, -0.25) is 4.79 Å². The molecule has 3 atom stereocenters. The highest BCUT2D eigenvalue weighted by Crippen LogP contribution is 2.33. The van der Waals surface area contributed by atoms with Crippen molar-refractivity contribution in [3.63, 3.8) is 0 Å². The second-order valence-corrected chi connectivity index (χ2v) is 16.3. The summed E-state index contributed by atoms with van der Waals surface area (Å²) in [7, 11) is -4.16. The van der Waals surface area contributed by atoms with Crippen LogP contribution in [0.25, 0.3) is 11.3 Å². The molecule has 1 saturated heterocycles. The lowest BCUT2D eigenvalue weighted by molar-refractivity contribution is 0.0509. The molecule has 2 aliphatic heterocycles. The van der Waals surface area contributed by atoms with Crippen molar-refractivity contribution in [1.82, 2.24) is 19.9 Å². The minimum atomic E-state index is -4.16. The molecule has 1 N–H and O–H groups in total. The number of hydrogen-bond acceptors (Lipinski definition) is 8. The van der Waals surface area contributed by atoms with Crippen molar-refractivity contribution in [2.45, 2.75) is 97.3 Å². The first kappa shape index (κ1) is 34.4. The molecule has 2 aromatic carbocycles. The lowest BCUT2D eigenvalue weighted by Gasteiger charge is -2.36. The van der Waals surface area contributed by atoms with Crippen molar-refractivity contribution in [1.29, 1.82) is 0 Å². The van der Waals surface area contributed by atoms with Crippen LogP contribution in [0.3, 0.4) is 0 Å². The SMILES string of the molecule is Cc1cccc(C)c1-c1cc2nc(n1)NS(=O)(=O)c1cccc(c1)C(=O)N(Cc1cccc(N3[C@H](C)CC[C@@H]3C)n1)[C@H](CC(C)(C)C)CO2. The van der Waals surface area contributed by atoms with Gasteiger partial charge in [0.2, 0.25) is 11.8 Å². The van der Waals surface area contributed by atoms with E-state index in [-0.39, 0.29) is 46.8 Å². The maximum Gasteiger partial charge on any atom is 0.264 e. The van der Waals surface area contributed by atoms with Crippen LogP contribution < -0.4 is 14.4 Å². The molecule has 0 radical (unpaired) electrons. The fourth-order valence-electron chi connectivity index (χ4n) is 7.07. The average molecular weight is 683 g/mol. The molecule has 11 heteroatoms. The normalized spacial score (nSPS) is 20.9. The summed E-state index contributed by atoms with van der Waals surface area (Å²) in [6, 6.07) is 20.1. The Hall–Kier alpha value is -4.51. The Bertz CT molecular complexity index is 1940. The summed E-state index contributed by atoms with van der Waals surface area (Å²) in [5.74, 6) is 0.684. The fourth-order valence-corrected chi connectivity index (χ4v) is 8.06. The van der Waals surface area contributed by atoms with Gasteiger partial charge in [0, 0.05) is 29.3 Å². The zero-order chi connectivity index (χ0) is 35.1. The van der Waals surface area contributed by atoms with Crippen LogP contribution in [-0.4, -0.2) is 58.9 Å².